The van der Waals surface area contributed by atoms with Crippen molar-refractivity contribution in [3.8, 4) is 44.5 Å². The molecule has 60 heavy (non-hydrogen) atoms. The summed E-state index contributed by atoms with van der Waals surface area (Å²) < 4.78 is 2.70. The number of rotatable bonds is 4. The van der Waals surface area contributed by atoms with Crippen molar-refractivity contribution >= 4 is 48.6 Å². The van der Waals surface area contributed by atoms with Crippen LogP contribution >= 0.6 is 11.3 Å². The summed E-state index contributed by atoms with van der Waals surface area (Å²) in [6, 6.07) is 75.4. The van der Waals surface area contributed by atoms with E-state index in [0.717, 1.165) is 11.4 Å². The van der Waals surface area contributed by atoms with E-state index in [-0.39, 0.29) is 5.41 Å². The highest BCUT2D eigenvalue weighted by molar-refractivity contribution is 7.26. The minimum Gasteiger partial charge on any atom is -0.310 e. The van der Waals surface area contributed by atoms with Crippen LogP contribution in [0, 0.1) is 0 Å². The van der Waals surface area contributed by atoms with Gasteiger partial charge in [0.25, 0.3) is 0 Å². The standard InChI is InChI=1S/C58H39NS/c1-57(2)46-25-11-6-20-39(46)41-32-31-37(35-50(41)57)59(51-28-14-9-19-38(51)36-17-4-3-5-18-36)52-29-16-24-43-40-21-7-12-26-47(40)58(55(43)52)48-27-13-8-23-45(48)54-49(58)34-33-44-42-22-10-15-30-53(42)60-56(44)54/h3-35H,1-2H3. The van der Waals surface area contributed by atoms with E-state index in [1.165, 1.54) is 104 Å². The Labute approximate surface area is 354 Å². The Hall–Kier alpha value is -7.00. The first-order valence-corrected chi connectivity index (χ1v) is 21.8. The first-order valence-electron chi connectivity index (χ1n) is 21.0. The van der Waals surface area contributed by atoms with Crippen molar-refractivity contribution < 1.29 is 0 Å². The van der Waals surface area contributed by atoms with Crippen LogP contribution in [0.15, 0.2) is 200 Å². The fourth-order valence-corrected chi connectivity index (χ4v) is 12.7. The van der Waals surface area contributed by atoms with E-state index >= 15 is 0 Å². The molecule has 3 aliphatic carbocycles. The van der Waals surface area contributed by atoms with Crippen molar-refractivity contribution in [1.29, 1.82) is 0 Å². The van der Waals surface area contributed by atoms with Crippen LogP contribution in [0.4, 0.5) is 17.1 Å². The summed E-state index contributed by atoms with van der Waals surface area (Å²) in [7, 11) is 0. The topological polar surface area (TPSA) is 3.24 Å². The van der Waals surface area contributed by atoms with Crippen LogP contribution in [0.25, 0.3) is 64.7 Å². The average Bonchev–Trinajstić information content (AvgIpc) is 3.99. The predicted molar refractivity (Wildman–Crippen MR) is 253 cm³/mol. The number of fused-ring (bicyclic) bond motifs is 17. The smallest absolute Gasteiger partial charge is 0.0746 e. The van der Waals surface area contributed by atoms with Gasteiger partial charge in [-0.3, -0.25) is 0 Å². The Morgan fingerprint density at radius 1 is 0.400 bits per heavy atom. The second-order valence-corrected chi connectivity index (χ2v) is 18.2. The maximum atomic E-state index is 2.59. The van der Waals surface area contributed by atoms with Gasteiger partial charge in [-0.15, -0.1) is 11.3 Å². The number of benzene rings is 9. The van der Waals surface area contributed by atoms with Crippen LogP contribution in [-0.2, 0) is 10.8 Å². The molecule has 9 aromatic carbocycles. The molecule has 0 N–H and O–H groups in total. The minimum atomic E-state index is -0.551. The molecule has 1 aromatic heterocycles. The Bertz CT molecular complexity index is 3420. The van der Waals surface area contributed by atoms with Gasteiger partial charge in [0.05, 0.1) is 16.8 Å². The molecule has 0 aliphatic heterocycles. The summed E-state index contributed by atoms with van der Waals surface area (Å²) in [5.74, 6) is 0. The molecule has 0 amide bonds. The highest BCUT2D eigenvalue weighted by Crippen LogP contribution is 2.67. The molecule has 1 spiro atoms. The van der Waals surface area contributed by atoms with Crippen molar-refractivity contribution in [2.24, 2.45) is 0 Å². The van der Waals surface area contributed by atoms with Gasteiger partial charge in [-0.05, 0) is 91.5 Å². The number of anilines is 3. The fourth-order valence-electron chi connectivity index (χ4n) is 11.4. The SMILES string of the molecule is CC1(C)c2ccccc2-c2ccc(N(c3ccccc3-c3ccccc3)c3cccc4c3C3(c5ccccc5-4)c4ccccc4-c4c3ccc3c4sc4ccccc43)cc21. The third-order valence-corrected chi connectivity index (χ3v) is 15.1. The summed E-state index contributed by atoms with van der Waals surface area (Å²) >= 11 is 1.93. The van der Waals surface area contributed by atoms with E-state index in [2.05, 4.69) is 219 Å². The monoisotopic (exact) mass is 781 g/mol. The van der Waals surface area contributed by atoms with E-state index < -0.39 is 5.41 Å². The minimum absolute atomic E-state index is 0.151. The van der Waals surface area contributed by atoms with Crippen molar-refractivity contribution in [3.05, 3.63) is 234 Å². The Kier molecular flexibility index (Phi) is 6.94. The molecule has 1 atom stereocenters. The summed E-state index contributed by atoms with van der Waals surface area (Å²) in [6.45, 7) is 4.77. The molecule has 0 fully saturated rings. The Morgan fingerprint density at radius 3 is 1.82 bits per heavy atom. The number of nitrogens with zero attached hydrogens (tertiary/aromatic N) is 1. The van der Waals surface area contributed by atoms with E-state index in [9.17, 15) is 0 Å². The van der Waals surface area contributed by atoms with Crippen LogP contribution in [0.1, 0.15) is 47.2 Å². The third kappa shape index (κ3) is 4.31. The van der Waals surface area contributed by atoms with Crippen LogP contribution < -0.4 is 4.90 Å². The van der Waals surface area contributed by atoms with E-state index in [1.807, 2.05) is 11.3 Å². The zero-order valence-corrected chi connectivity index (χ0v) is 34.2. The van der Waals surface area contributed by atoms with Gasteiger partial charge in [-0.1, -0.05) is 184 Å². The van der Waals surface area contributed by atoms with E-state index in [0.29, 0.717) is 0 Å². The molecule has 2 heteroatoms. The molecule has 282 valence electrons. The van der Waals surface area contributed by atoms with E-state index in [1.54, 1.807) is 0 Å². The molecular weight excluding hydrogens is 743 g/mol. The molecule has 0 bridgehead atoms. The zero-order valence-electron chi connectivity index (χ0n) is 33.4. The lowest BCUT2D eigenvalue weighted by Gasteiger charge is -2.36. The Morgan fingerprint density at radius 2 is 1.00 bits per heavy atom. The molecule has 13 rings (SSSR count). The summed E-state index contributed by atoms with van der Waals surface area (Å²) in [5.41, 5.74) is 21.3. The first kappa shape index (κ1) is 33.9. The van der Waals surface area contributed by atoms with Crippen molar-refractivity contribution in [1.82, 2.24) is 0 Å². The Balaban J connectivity index is 1.16. The first-order chi connectivity index (χ1) is 29.5. The molecule has 0 saturated carbocycles. The van der Waals surface area contributed by atoms with Crippen LogP contribution in [0.3, 0.4) is 0 Å². The number of thiophene rings is 1. The third-order valence-electron chi connectivity index (χ3n) is 13.9. The van der Waals surface area contributed by atoms with Gasteiger partial charge >= 0.3 is 0 Å². The van der Waals surface area contributed by atoms with Crippen molar-refractivity contribution in [3.63, 3.8) is 0 Å². The lowest BCUT2D eigenvalue weighted by atomic mass is 9.70. The number of hydrogen-bond donors (Lipinski definition) is 0. The lowest BCUT2D eigenvalue weighted by molar-refractivity contribution is 0.660. The average molecular weight is 782 g/mol. The zero-order chi connectivity index (χ0) is 39.7. The van der Waals surface area contributed by atoms with Gasteiger partial charge in [0.2, 0.25) is 0 Å². The maximum absolute atomic E-state index is 2.59. The summed E-state index contributed by atoms with van der Waals surface area (Å²) in [4.78, 5) is 2.59. The van der Waals surface area contributed by atoms with Gasteiger partial charge in [0.15, 0.2) is 0 Å². The van der Waals surface area contributed by atoms with Gasteiger partial charge < -0.3 is 4.90 Å². The lowest BCUT2D eigenvalue weighted by Crippen LogP contribution is -2.28. The van der Waals surface area contributed by atoms with E-state index in [4.69, 9.17) is 0 Å². The molecule has 1 heterocycles. The fraction of sp³-hybridized carbons (Fsp3) is 0.0690. The van der Waals surface area contributed by atoms with Crippen LogP contribution in [-0.4, -0.2) is 0 Å². The highest BCUT2D eigenvalue weighted by Gasteiger charge is 2.54. The second-order valence-electron chi connectivity index (χ2n) is 17.1. The van der Waals surface area contributed by atoms with Gasteiger partial charge in [-0.25, -0.2) is 0 Å². The molecule has 1 unspecified atom stereocenters. The van der Waals surface area contributed by atoms with Crippen molar-refractivity contribution in [2.45, 2.75) is 24.7 Å². The number of para-hydroxylation sites is 1. The summed E-state index contributed by atoms with van der Waals surface area (Å²) in [5, 5.41) is 2.66. The van der Waals surface area contributed by atoms with Crippen LogP contribution in [0.5, 0.6) is 0 Å². The summed E-state index contributed by atoms with van der Waals surface area (Å²) in [6.07, 6.45) is 0. The number of hydrogen-bond acceptors (Lipinski definition) is 2. The largest absolute Gasteiger partial charge is 0.310 e. The molecule has 0 radical (unpaired) electrons. The van der Waals surface area contributed by atoms with Crippen molar-refractivity contribution in [2.75, 3.05) is 4.90 Å². The molecule has 3 aliphatic rings. The van der Waals surface area contributed by atoms with Gasteiger partial charge in [0, 0.05) is 48.0 Å². The molecule has 10 aromatic rings. The van der Waals surface area contributed by atoms with Crippen LogP contribution in [0.2, 0.25) is 0 Å². The quantitative estimate of drug-likeness (QED) is 0.172. The predicted octanol–water partition coefficient (Wildman–Crippen LogP) is 15.8. The second kappa shape index (κ2) is 12.3. The van der Waals surface area contributed by atoms with Gasteiger partial charge in [0.1, 0.15) is 0 Å². The molecule has 1 nitrogen and oxygen atoms in total. The molecule has 0 saturated heterocycles. The normalized spacial score (nSPS) is 16.0. The molecular formula is C58H39NS. The highest BCUT2D eigenvalue weighted by atomic mass is 32.1. The van der Waals surface area contributed by atoms with Gasteiger partial charge in [-0.2, -0.15) is 0 Å². The maximum Gasteiger partial charge on any atom is 0.0746 e.